The van der Waals surface area contributed by atoms with E-state index in [-0.39, 0.29) is 23.9 Å². The van der Waals surface area contributed by atoms with E-state index in [1.165, 1.54) is 5.56 Å². The van der Waals surface area contributed by atoms with Crippen molar-refractivity contribution < 1.29 is 4.79 Å². The van der Waals surface area contributed by atoms with Crippen LogP contribution in [-0.4, -0.2) is 18.0 Å². The molecule has 1 aromatic carbocycles. The van der Waals surface area contributed by atoms with Crippen molar-refractivity contribution in [1.82, 2.24) is 5.32 Å². The highest BCUT2D eigenvalue weighted by atomic mass is 35.5. The van der Waals surface area contributed by atoms with Gasteiger partial charge in [-0.3, -0.25) is 4.79 Å². The first-order valence-electron chi connectivity index (χ1n) is 7.40. The van der Waals surface area contributed by atoms with Crippen LogP contribution >= 0.6 is 12.4 Å². The van der Waals surface area contributed by atoms with Crippen LogP contribution in [0.4, 0.5) is 0 Å². The van der Waals surface area contributed by atoms with Crippen LogP contribution in [0.1, 0.15) is 62.9 Å². The number of amides is 1. The van der Waals surface area contributed by atoms with Crippen LogP contribution in [0, 0.1) is 5.92 Å². The van der Waals surface area contributed by atoms with Crippen LogP contribution in [0.3, 0.4) is 0 Å². The number of hydrogen-bond acceptors (Lipinski definition) is 2. The molecule has 0 saturated heterocycles. The van der Waals surface area contributed by atoms with E-state index in [1.54, 1.807) is 0 Å². The molecule has 0 spiro atoms. The Morgan fingerprint density at radius 3 is 2.10 bits per heavy atom. The third-order valence-electron chi connectivity index (χ3n) is 3.56. The van der Waals surface area contributed by atoms with Gasteiger partial charge in [-0.05, 0) is 42.9 Å². The minimum atomic E-state index is -0.345. The Labute approximate surface area is 135 Å². The molecule has 0 fully saturated rings. The van der Waals surface area contributed by atoms with Crippen LogP contribution in [0.25, 0.3) is 0 Å². The minimum Gasteiger partial charge on any atom is -0.346 e. The highest BCUT2D eigenvalue weighted by Gasteiger charge is 2.26. The van der Waals surface area contributed by atoms with Crippen LogP contribution in [0.5, 0.6) is 0 Å². The van der Waals surface area contributed by atoms with Crippen LogP contribution in [0.15, 0.2) is 24.3 Å². The van der Waals surface area contributed by atoms with E-state index in [0.717, 1.165) is 6.42 Å². The Hall–Kier alpha value is -1.06. The Kier molecular flexibility index (Phi) is 7.98. The van der Waals surface area contributed by atoms with Crippen molar-refractivity contribution in [2.24, 2.45) is 11.7 Å². The van der Waals surface area contributed by atoms with Crippen LogP contribution < -0.4 is 11.1 Å². The number of nitrogens with one attached hydrogen (secondary N) is 1. The van der Waals surface area contributed by atoms with Crippen molar-refractivity contribution in [1.29, 1.82) is 0 Å². The quantitative estimate of drug-likeness (QED) is 0.841. The molecule has 1 atom stereocenters. The van der Waals surface area contributed by atoms with E-state index in [9.17, 15) is 4.79 Å². The number of halogens is 1. The molecule has 1 aromatic rings. The highest BCUT2D eigenvalue weighted by Crippen LogP contribution is 2.18. The molecule has 4 heteroatoms. The summed E-state index contributed by atoms with van der Waals surface area (Å²) in [7, 11) is 0. The summed E-state index contributed by atoms with van der Waals surface area (Å²) in [5.74, 6) is 0.920. The fourth-order valence-corrected chi connectivity index (χ4v) is 2.45. The molecule has 0 aliphatic carbocycles. The number of carbonyl (C=O) groups is 1. The van der Waals surface area contributed by atoms with E-state index in [2.05, 4.69) is 33.0 Å². The lowest BCUT2D eigenvalue weighted by Crippen LogP contribution is -2.52. The fraction of sp³-hybridized carbons (Fsp3) is 0.588. The Balaban J connectivity index is 0.00000400. The second-order valence-electron chi connectivity index (χ2n) is 6.59. The number of carbonyl (C=O) groups excluding carboxylic acids is 1. The van der Waals surface area contributed by atoms with Gasteiger partial charge in [-0.25, -0.2) is 0 Å². The van der Waals surface area contributed by atoms with Crippen molar-refractivity contribution in [2.45, 2.75) is 52.5 Å². The SMILES string of the molecule is CC(C)CC(C)(CN)NC(=O)c1ccc(C(C)C)cc1.Cl. The van der Waals surface area contributed by atoms with Crippen molar-refractivity contribution in [3.8, 4) is 0 Å². The predicted octanol–water partition coefficient (Wildman–Crippen LogP) is 3.73. The van der Waals surface area contributed by atoms with Crippen LogP contribution in [0.2, 0.25) is 0 Å². The zero-order chi connectivity index (χ0) is 15.3. The van der Waals surface area contributed by atoms with Gasteiger partial charge in [0.2, 0.25) is 0 Å². The number of nitrogens with two attached hydrogens (primary N) is 1. The molecule has 1 amide bonds. The maximum absolute atomic E-state index is 12.3. The molecule has 0 saturated carbocycles. The van der Waals surface area contributed by atoms with E-state index in [4.69, 9.17) is 5.73 Å². The Morgan fingerprint density at radius 2 is 1.71 bits per heavy atom. The Morgan fingerprint density at radius 1 is 1.19 bits per heavy atom. The largest absolute Gasteiger partial charge is 0.346 e. The van der Waals surface area contributed by atoms with Crippen molar-refractivity contribution in [3.63, 3.8) is 0 Å². The summed E-state index contributed by atoms with van der Waals surface area (Å²) in [6.07, 6.45) is 0.874. The normalized spacial score (nSPS) is 13.7. The first-order chi connectivity index (χ1) is 9.27. The molecule has 0 heterocycles. The summed E-state index contributed by atoms with van der Waals surface area (Å²) in [5.41, 5.74) is 7.42. The molecule has 0 radical (unpaired) electrons. The van der Waals surface area contributed by atoms with E-state index in [0.29, 0.717) is 23.9 Å². The topological polar surface area (TPSA) is 55.1 Å². The van der Waals surface area contributed by atoms with Gasteiger partial charge in [-0.1, -0.05) is 39.8 Å². The van der Waals surface area contributed by atoms with Gasteiger partial charge >= 0.3 is 0 Å². The number of rotatable bonds is 6. The Bertz CT molecular complexity index is 443. The molecule has 0 aliphatic rings. The molecular formula is C17H29ClN2O. The van der Waals surface area contributed by atoms with Crippen molar-refractivity contribution in [2.75, 3.05) is 6.54 Å². The maximum atomic E-state index is 12.3. The fourth-order valence-electron chi connectivity index (χ4n) is 2.45. The van der Waals surface area contributed by atoms with Gasteiger partial charge in [-0.15, -0.1) is 12.4 Å². The summed E-state index contributed by atoms with van der Waals surface area (Å²) in [6.45, 7) is 11.0. The molecule has 0 aliphatic heterocycles. The highest BCUT2D eigenvalue weighted by molar-refractivity contribution is 5.94. The minimum absolute atomic E-state index is 0. The second kappa shape index (κ2) is 8.40. The lowest BCUT2D eigenvalue weighted by Gasteiger charge is -2.31. The molecule has 0 bridgehead atoms. The second-order valence-corrected chi connectivity index (χ2v) is 6.59. The van der Waals surface area contributed by atoms with Gasteiger partial charge in [0, 0.05) is 17.6 Å². The van der Waals surface area contributed by atoms with Gasteiger partial charge in [0.05, 0.1) is 0 Å². The monoisotopic (exact) mass is 312 g/mol. The maximum Gasteiger partial charge on any atom is 0.251 e. The average molecular weight is 313 g/mol. The summed E-state index contributed by atoms with van der Waals surface area (Å²) in [6, 6.07) is 7.80. The van der Waals surface area contributed by atoms with Crippen LogP contribution in [-0.2, 0) is 0 Å². The summed E-state index contributed by atoms with van der Waals surface area (Å²) >= 11 is 0. The lowest BCUT2D eigenvalue weighted by atomic mass is 9.90. The lowest BCUT2D eigenvalue weighted by molar-refractivity contribution is 0.0898. The zero-order valence-electron chi connectivity index (χ0n) is 13.8. The van der Waals surface area contributed by atoms with Gasteiger partial charge in [0.15, 0.2) is 0 Å². The molecule has 0 aromatic heterocycles. The van der Waals surface area contributed by atoms with Crippen molar-refractivity contribution in [3.05, 3.63) is 35.4 Å². The predicted molar refractivity (Wildman–Crippen MR) is 92.2 cm³/mol. The number of benzene rings is 1. The van der Waals surface area contributed by atoms with E-state index < -0.39 is 0 Å². The standard InChI is InChI=1S/C17H28N2O.ClH/c1-12(2)10-17(5,11-18)19-16(20)15-8-6-14(7-9-15)13(3)4;/h6-9,12-13H,10-11,18H2,1-5H3,(H,19,20);1H. The molecule has 21 heavy (non-hydrogen) atoms. The summed E-state index contributed by atoms with van der Waals surface area (Å²) in [5, 5.41) is 3.08. The molecule has 1 unspecified atom stereocenters. The first-order valence-corrected chi connectivity index (χ1v) is 7.40. The third kappa shape index (κ3) is 6.06. The molecule has 3 N–H and O–H groups in total. The van der Waals surface area contributed by atoms with E-state index >= 15 is 0 Å². The van der Waals surface area contributed by atoms with Gasteiger partial charge in [-0.2, -0.15) is 0 Å². The first kappa shape index (κ1) is 19.9. The summed E-state index contributed by atoms with van der Waals surface area (Å²) in [4.78, 5) is 12.3. The number of hydrogen-bond donors (Lipinski definition) is 2. The summed E-state index contributed by atoms with van der Waals surface area (Å²) < 4.78 is 0. The molecular weight excluding hydrogens is 284 g/mol. The van der Waals surface area contributed by atoms with Crippen molar-refractivity contribution >= 4 is 18.3 Å². The average Bonchev–Trinajstić information content (AvgIpc) is 2.37. The smallest absolute Gasteiger partial charge is 0.251 e. The van der Waals surface area contributed by atoms with E-state index in [1.807, 2.05) is 31.2 Å². The molecule has 3 nitrogen and oxygen atoms in total. The molecule has 1 rings (SSSR count). The molecule has 120 valence electrons. The van der Waals surface area contributed by atoms with Gasteiger partial charge < -0.3 is 11.1 Å². The van der Waals surface area contributed by atoms with Gasteiger partial charge in [0.25, 0.3) is 5.91 Å². The third-order valence-corrected chi connectivity index (χ3v) is 3.56. The zero-order valence-corrected chi connectivity index (χ0v) is 14.6. The van der Waals surface area contributed by atoms with Gasteiger partial charge in [0.1, 0.15) is 0 Å².